The Hall–Kier alpha value is -2.24. The highest BCUT2D eigenvalue weighted by molar-refractivity contribution is 5.67. The number of carbonyl (C=O) groups excluding carboxylic acids is 1. The minimum atomic E-state index is -0.795. The summed E-state index contributed by atoms with van der Waals surface area (Å²) in [7, 11) is 0. The normalized spacial score (nSPS) is 10.4. The molecular weight excluding hydrogens is 286 g/mol. The lowest BCUT2D eigenvalue weighted by atomic mass is 9.98. The van der Waals surface area contributed by atoms with E-state index in [1.807, 2.05) is 13.8 Å². The van der Waals surface area contributed by atoms with E-state index in [1.165, 1.54) is 0 Å². The van der Waals surface area contributed by atoms with Gasteiger partial charge in [-0.1, -0.05) is 0 Å². The summed E-state index contributed by atoms with van der Waals surface area (Å²) in [4.78, 5) is 20.4. The van der Waals surface area contributed by atoms with Gasteiger partial charge in [-0.15, -0.1) is 0 Å². The molecule has 22 heavy (non-hydrogen) atoms. The minimum absolute atomic E-state index is 0.131. The number of carbonyl (C=O) groups is 2. The van der Waals surface area contributed by atoms with Gasteiger partial charge in [0.2, 0.25) is 0 Å². The molecule has 0 atom stereocenters. The number of aromatic hydroxyl groups is 1. The van der Waals surface area contributed by atoms with Crippen LogP contribution in [0.4, 0.5) is 4.79 Å². The third-order valence-electron chi connectivity index (χ3n) is 2.68. The maximum Gasteiger partial charge on any atom is 0.405 e. The molecule has 1 rings (SSSR count). The van der Waals surface area contributed by atoms with Crippen molar-refractivity contribution in [1.82, 2.24) is 0 Å². The van der Waals surface area contributed by atoms with Crippen LogP contribution in [0.3, 0.4) is 0 Å². The summed E-state index contributed by atoms with van der Waals surface area (Å²) in [6, 6.07) is 3.31. The van der Waals surface area contributed by atoms with E-state index in [0.717, 1.165) is 16.7 Å². The van der Waals surface area contributed by atoms with E-state index < -0.39 is 17.7 Å². The van der Waals surface area contributed by atoms with E-state index in [4.69, 9.17) is 10.8 Å². The molecule has 0 aliphatic carbocycles. The fourth-order valence-corrected chi connectivity index (χ4v) is 1.90. The fraction of sp³-hybridized carbons (Fsp3) is 0.500. The molecule has 0 unspecified atom stereocenters. The van der Waals surface area contributed by atoms with Crippen molar-refractivity contribution in [1.29, 1.82) is 0 Å². The summed E-state index contributed by atoms with van der Waals surface area (Å²) in [5.74, 6) is -0.559. The van der Waals surface area contributed by atoms with Crippen LogP contribution in [-0.2, 0) is 16.0 Å². The lowest BCUT2D eigenvalue weighted by Gasteiger charge is -2.16. The molecule has 0 aliphatic heterocycles. The largest absolute Gasteiger partial charge is 0.508 e. The van der Waals surface area contributed by atoms with Gasteiger partial charge in [-0.3, -0.25) is 4.79 Å². The molecule has 1 aromatic rings. The summed E-state index contributed by atoms with van der Waals surface area (Å²) in [6.07, 6.45) is -0.0720. The number of nitrogens with two attached hydrogens (primary N) is 1. The van der Waals surface area contributed by atoms with Crippen molar-refractivity contribution in [3.8, 4) is 5.75 Å². The third-order valence-corrected chi connectivity index (χ3v) is 2.68. The number of primary amides is 1. The van der Waals surface area contributed by atoms with Gasteiger partial charge in [0.25, 0.3) is 0 Å². The Balaban J connectivity index is 0.000000472. The predicted octanol–water partition coefficient (Wildman–Crippen LogP) is 2.91. The van der Waals surface area contributed by atoms with Crippen LogP contribution in [0.1, 0.15) is 43.9 Å². The average Bonchev–Trinajstić information content (AvgIpc) is 2.23. The van der Waals surface area contributed by atoms with Gasteiger partial charge in [0.05, 0.1) is 0 Å². The van der Waals surface area contributed by atoms with Gasteiger partial charge in [-0.05, 0) is 69.9 Å². The van der Waals surface area contributed by atoms with E-state index in [9.17, 15) is 14.7 Å². The molecule has 0 aliphatic rings. The molecule has 0 bridgehead atoms. The van der Waals surface area contributed by atoms with E-state index in [-0.39, 0.29) is 12.2 Å². The average molecular weight is 311 g/mol. The van der Waals surface area contributed by atoms with Gasteiger partial charge >= 0.3 is 12.1 Å². The number of carboxylic acid groups (broad SMARTS) is 1. The number of rotatable bonds is 3. The Bertz CT molecular complexity index is 509. The zero-order valence-corrected chi connectivity index (χ0v) is 13.8. The maximum absolute atomic E-state index is 10.4. The number of benzene rings is 1. The number of carboxylic acids is 1. The zero-order chi connectivity index (χ0) is 17.5. The van der Waals surface area contributed by atoms with Crippen LogP contribution < -0.4 is 5.73 Å². The molecule has 6 nitrogen and oxygen atoms in total. The predicted molar refractivity (Wildman–Crippen MR) is 84.0 cm³/mol. The Morgan fingerprint density at radius 2 is 1.64 bits per heavy atom. The zero-order valence-electron chi connectivity index (χ0n) is 13.8. The Morgan fingerprint density at radius 3 is 1.91 bits per heavy atom. The lowest BCUT2D eigenvalue weighted by molar-refractivity contribution is -0.136. The van der Waals surface area contributed by atoms with Crippen LogP contribution >= 0.6 is 0 Å². The first-order valence-electron chi connectivity index (χ1n) is 6.91. The van der Waals surface area contributed by atoms with Crippen molar-refractivity contribution < 1.29 is 24.5 Å². The molecule has 0 spiro atoms. The molecule has 0 radical (unpaired) electrons. The van der Waals surface area contributed by atoms with Gasteiger partial charge < -0.3 is 20.7 Å². The molecule has 124 valence electrons. The number of hydrogen-bond donors (Lipinski definition) is 3. The van der Waals surface area contributed by atoms with Gasteiger partial charge in [0, 0.05) is 6.42 Å². The van der Waals surface area contributed by atoms with Crippen molar-refractivity contribution in [2.24, 2.45) is 5.73 Å². The van der Waals surface area contributed by atoms with Crippen LogP contribution in [0.5, 0.6) is 5.75 Å². The Labute approximate surface area is 130 Å². The van der Waals surface area contributed by atoms with Crippen LogP contribution in [0.25, 0.3) is 0 Å². The standard InChI is InChI=1S/C11H14O3.C5H11NO2/c1-7-5-9(12)6-8(2)10(7)3-4-11(13)14;1-5(2,3)8-4(6)7/h5-6,12H,3-4H2,1-2H3,(H,13,14);1-3H3,(H2,6,7). The molecule has 0 fully saturated rings. The highest BCUT2D eigenvalue weighted by atomic mass is 16.6. The number of aliphatic carboxylic acids is 1. The summed E-state index contributed by atoms with van der Waals surface area (Å²) in [5.41, 5.74) is 7.18. The molecule has 0 saturated heterocycles. The number of ether oxygens (including phenoxy) is 1. The first-order chi connectivity index (χ1) is 9.92. The number of aryl methyl sites for hydroxylation is 2. The topological polar surface area (TPSA) is 110 Å². The van der Waals surface area contributed by atoms with Crippen molar-refractivity contribution in [2.45, 2.75) is 53.1 Å². The summed E-state index contributed by atoms with van der Waals surface area (Å²) >= 11 is 0. The van der Waals surface area contributed by atoms with Crippen LogP contribution in [-0.4, -0.2) is 27.9 Å². The lowest BCUT2D eigenvalue weighted by Crippen LogP contribution is -2.27. The van der Waals surface area contributed by atoms with Gasteiger partial charge in [-0.25, -0.2) is 4.79 Å². The van der Waals surface area contributed by atoms with E-state index in [0.29, 0.717) is 6.42 Å². The van der Waals surface area contributed by atoms with Crippen molar-refractivity contribution in [3.63, 3.8) is 0 Å². The third kappa shape index (κ3) is 8.84. The van der Waals surface area contributed by atoms with Crippen molar-refractivity contribution in [2.75, 3.05) is 0 Å². The smallest absolute Gasteiger partial charge is 0.405 e. The summed E-state index contributed by atoms with van der Waals surface area (Å²) in [5, 5.41) is 17.8. The minimum Gasteiger partial charge on any atom is -0.508 e. The fourth-order valence-electron chi connectivity index (χ4n) is 1.90. The van der Waals surface area contributed by atoms with Gasteiger partial charge in [0.1, 0.15) is 11.4 Å². The number of phenolic OH excluding ortho intramolecular Hbond substituents is 1. The SMILES string of the molecule is CC(C)(C)OC(N)=O.Cc1cc(O)cc(C)c1CCC(=O)O. The second kappa shape index (κ2) is 8.26. The first-order valence-corrected chi connectivity index (χ1v) is 6.91. The molecular formula is C16H25NO5. The number of amides is 1. The van der Waals surface area contributed by atoms with E-state index in [1.54, 1.807) is 32.9 Å². The molecule has 4 N–H and O–H groups in total. The highest BCUT2D eigenvalue weighted by Crippen LogP contribution is 2.21. The van der Waals surface area contributed by atoms with Gasteiger partial charge in [-0.2, -0.15) is 0 Å². The maximum atomic E-state index is 10.4. The van der Waals surface area contributed by atoms with Crippen LogP contribution in [0.2, 0.25) is 0 Å². The first kappa shape index (κ1) is 19.8. The van der Waals surface area contributed by atoms with Crippen LogP contribution in [0, 0.1) is 13.8 Å². The molecule has 6 heteroatoms. The Morgan fingerprint density at radius 1 is 1.18 bits per heavy atom. The molecule has 0 aromatic heterocycles. The van der Waals surface area contributed by atoms with Crippen molar-refractivity contribution >= 4 is 12.1 Å². The Kier molecular flexibility index (Phi) is 7.42. The van der Waals surface area contributed by atoms with Crippen molar-refractivity contribution in [3.05, 3.63) is 28.8 Å². The second-order valence-corrected chi connectivity index (χ2v) is 5.99. The van der Waals surface area contributed by atoms with E-state index in [2.05, 4.69) is 4.74 Å². The molecule has 1 aromatic carbocycles. The number of hydrogen-bond acceptors (Lipinski definition) is 4. The van der Waals surface area contributed by atoms with E-state index >= 15 is 0 Å². The summed E-state index contributed by atoms with van der Waals surface area (Å²) in [6.45, 7) is 9.04. The molecule has 0 heterocycles. The van der Waals surface area contributed by atoms with Gasteiger partial charge in [0.15, 0.2) is 0 Å². The quantitative estimate of drug-likeness (QED) is 0.795. The summed E-state index contributed by atoms with van der Waals surface area (Å²) < 4.78 is 4.58. The molecule has 1 amide bonds. The molecule has 0 saturated carbocycles. The monoisotopic (exact) mass is 311 g/mol. The highest BCUT2D eigenvalue weighted by Gasteiger charge is 2.12. The van der Waals surface area contributed by atoms with Crippen LogP contribution in [0.15, 0.2) is 12.1 Å². The number of phenols is 1. The second-order valence-electron chi connectivity index (χ2n) is 5.99.